The Bertz CT molecular complexity index is 1300. The lowest BCUT2D eigenvalue weighted by atomic mass is 10.1. The number of benzene rings is 1. The molecule has 174 valence electrons. The summed E-state index contributed by atoms with van der Waals surface area (Å²) in [6.07, 6.45) is 8.94. The van der Waals surface area contributed by atoms with E-state index in [0.29, 0.717) is 11.4 Å². The molecule has 0 aliphatic carbocycles. The third-order valence-electron chi connectivity index (χ3n) is 5.97. The summed E-state index contributed by atoms with van der Waals surface area (Å²) in [5.74, 6) is 1.36. The molecule has 1 aromatic carbocycles. The maximum Gasteiger partial charge on any atom is 0.256 e. The van der Waals surface area contributed by atoms with Crippen molar-refractivity contribution < 1.29 is 4.79 Å². The van der Waals surface area contributed by atoms with Crippen molar-refractivity contribution in [2.24, 2.45) is 4.99 Å². The number of piperazine rings is 1. The van der Waals surface area contributed by atoms with Gasteiger partial charge < -0.3 is 20.4 Å². The molecule has 1 amide bonds. The van der Waals surface area contributed by atoms with Gasteiger partial charge >= 0.3 is 0 Å². The molecule has 34 heavy (non-hydrogen) atoms. The first-order chi connectivity index (χ1) is 16.4. The highest BCUT2D eigenvalue weighted by molar-refractivity contribution is 5.96. The van der Waals surface area contributed by atoms with Crippen LogP contribution >= 0.6 is 0 Å². The Morgan fingerprint density at radius 1 is 1.21 bits per heavy atom. The molecular formula is C26H29N7O. The molecule has 0 saturated carbocycles. The first-order valence-electron chi connectivity index (χ1n) is 11.2. The maximum atomic E-state index is 13.0. The smallest absolute Gasteiger partial charge is 0.256 e. The standard InChI is InChI=1S/C26H29N7O/c1-18(4-7-23(27)28-2)19-5-6-21-17-30-24(15-22(21)14-19)31-26(34)20-8-9-29-25(16-20)33-12-10-32(3)11-13-33/h4-9,14-17,27,30H,2,10-13H2,1,3H3,(H,31,34). The molecule has 2 aromatic rings. The van der Waals surface area contributed by atoms with Crippen molar-refractivity contribution in [3.8, 4) is 0 Å². The first kappa shape index (κ1) is 23.1. The van der Waals surface area contributed by atoms with Gasteiger partial charge in [-0.2, -0.15) is 0 Å². The molecule has 3 N–H and O–H groups in total. The van der Waals surface area contributed by atoms with E-state index in [2.05, 4.69) is 50.2 Å². The number of carbonyl (C=O) groups is 1. The zero-order valence-electron chi connectivity index (χ0n) is 19.5. The highest BCUT2D eigenvalue weighted by Gasteiger charge is 2.17. The lowest BCUT2D eigenvalue weighted by Gasteiger charge is -2.33. The van der Waals surface area contributed by atoms with Gasteiger partial charge in [0.25, 0.3) is 5.91 Å². The number of likely N-dealkylation sites (N-methyl/N-ethyl adjacent to an activating group) is 1. The topological polar surface area (TPSA) is 96.7 Å². The van der Waals surface area contributed by atoms with Crippen LogP contribution in [0.1, 0.15) is 22.8 Å². The van der Waals surface area contributed by atoms with E-state index >= 15 is 0 Å². The summed E-state index contributed by atoms with van der Waals surface area (Å²) in [7, 11) is 2.11. The number of hydrogen-bond donors (Lipinski definition) is 3. The van der Waals surface area contributed by atoms with Gasteiger partial charge in [0.05, 0.1) is 0 Å². The van der Waals surface area contributed by atoms with Crippen LogP contribution in [-0.4, -0.2) is 61.6 Å². The second-order valence-corrected chi connectivity index (χ2v) is 8.40. The summed E-state index contributed by atoms with van der Waals surface area (Å²) in [4.78, 5) is 25.5. The average Bonchev–Trinajstić information content (AvgIpc) is 2.87. The number of fused-ring (bicyclic) bond motifs is 1. The molecule has 1 aromatic heterocycles. The molecule has 0 spiro atoms. The number of hydrogen-bond acceptors (Lipinski definition) is 6. The van der Waals surface area contributed by atoms with Gasteiger partial charge in [-0.3, -0.25) is 10.2 Å². The third kappa shape index (κ3) is 5.47. The quantitative estimate of drug-likeness (QED) is 0.467. The second kappa shape index (κ2) is 10.3. The lowest BCUT2D eigenvalue weighted by molar-refractivity contribution is 0.0964. The molecule has 2 aliphatic rings. The Morgan fingerprint density at radius 2 is 2.00 bits per heavy atom. The fourth-order valence-electron chi connectivity index (χ4n) is 3.82. The van der Waals surface area contributed by atoms with Crippen LogP contribution in [0.5, 0.6) is 0 Å². The average molecular weight is 456 g/mol. The van der Waals surface area contributed by atoms with Crippen molar-refractivity contribution in [2.45, 2.75) is 6.92 Å². The molecule has 0 unspecified atom stereocenters. The third-order valence-corrected chi connectivity index (χ3v) is 5.97. The molecule has 0 radical (unpaired) electrons. The van der Waals surface area contributed by atoms with E-state index in [1.807, 2.05) is 43.5 Å². The van der Waals surface area contributed by atoms with Crippen LogP contribution in [-0.2, 0) is 0 Å². The van der Waals surface area contributed by atoms with Gasteiger partial charge in [0.1, 0.15) is 17.5 Å². The van der Waals surface area contributed by atoms with Gasteiger partial charge in [-0.1, -0.05) is 18.2 Å². The van der Waals surface area contributed by atoms with Crippen LogP contribution in [0.25, 0.3) is 17.8 Å². The molecule has 8 heteroatoms. The molecule has 0 atom stereocenters. The maximum absolute atomic E-state index is 13.0. The van der Waals surface area contributed by atoms with Crippen molar-refractivity contribution in [1.82, 2.24) is 20.5 Å². The van der Waals surface area contributed by atoms with E-state index in [1.54, 1.807) is 18.3 Å². The van der Waals surface area contributed by atoms with E-state index in [1.165, 1.54) is 0 Å². The minimum absolute atomic E-state index is 0.117. The minimum Gasteiger partial charge on any atom is -0.354 e. The number of aromatic nitrogens is 1. The zero-order chi connectivity index (χ0) is 24.1. The molecule has 1 saturated heterocycles. The van der Waals surface area contributed by atoms with Crippen LogP contribution in [0.2, 0.25) is 0 Å². The van der Waals surface area contributed by atoms with Crippen LogP contribution in [0.15, 0.2) is 59.5 Å². The Kier molecular flexibility index (Phi) is 6.98. The summed E-state index contributed by atoms with van der Waals surface area (Å²) in [5.41, 5.74) is 2.56. The molecule has 0 bridgehead atoms. The Morgan fingerprint density at radius 3 is 2.76 bits per heavy atom. The minimum atomic E-state index is -0.189. The monoisotopic (exact) mass is 455 g/mol. The molecule has 2 aliphatic heterocycles. The van der Waals surface area contributed by atoms with Gasteiger partial charge in [0.2, 0.25) is 0 Å². The Balaban J connectivity index is 1.51. The Hall–Kier alpha value is -4.04. The summed E-state index contributed by atoms with van der Waals surface area (Å²) in [5, 5.41) is 15.8. The van der Waals surface area contributed by atoms with Gasteiger partial charge in [0, 0.05) is 44.1 Å². The van der Waals surface area contributed by atoms with Crippen LogP contribution < -0.4 is 26.0 Å². The predicted octanol–water partition coefficient (Wildman–Crippen LogP) is 1.31. The van der Waals surface area contributed by atoms with Gasteiger partial charge in [0.15, 0.2) is 0 Å². The van der Waals surface area contributed by atoms with Crippen molar-refractivity contribution in [3.63, 3.8) is 0 Å². The molecule has 8 nitrogen and oxygen atoms in total. The molecular weight excluding hydrogens is 426 g/mol. The zero-order valence-corrected chi connectivity index (χ0v) is 19.5. The number of amides is 1. The number of aliphatic imine (C=N–C) groups is 1. The molecule has 3 heterocycles. The van der Waals surface area contributed by atoms with E-state index in [-0.39, 0.29) is 11.7 Å². The van der Waals surface area contributed by atoms with Gasteiger partial charge in [-0.05, 0) is 72.6 Å². The van der Waals surface area contributed by atoms with Crippen molar-refractivity contribution in [3.05, 3.63) is 76.1 Å². The van der Waals surface area contributed by atoms with Crippen LogP contribution in [0.3, 0.4) is 0 Å². The fourth-order valence-corrected chi connectivity index (χ4v) is 3.82. The van der Waals surface area contributed by atoms with Crippen molar-refractivity contribution in [2.75, 3.05) is 38.1 Å². The molecule has 1 fully saturated rings. The lowest BCUT2D eigenvalue weighted by Crippen LogP contribution is -2.44. The second-order valence-electron chi connectivity index (χ2n) is 8.40. The number of pyridine rings is 1. The van der Waals surface area contributed by atoms with E-state index in [0.717, 1.165) is 53.6 Å². The number of nitrogens with zero attached hydrogens (tertiary/aromatic N) is 4. The Labute approximate surface area is 199 Å². The van der Waals surface area contributed by atoms with E-state index in [9.17, 15) is 4.79 Å². The number of anilines is 1. The van der Waals surface area contributed by atoms with Crippen molar-refractivity contribution >= 4 is 42.1 Å². The van der Waals surface area contributed by atoms with Crippen LogP contribution in [0, 0.1) is 5.41 Å². The largest absolute Gasteiger partial charge is 0.354 e. The number of rotatable bonds is 5. The summed E-state index contributed by atoms with van der Waals surface area (Å²) < 4.78 is 0. The molecule has 4 rings (SSSR count). The summed E-state index contributed by atoms with van der Waals surface area (Å²) >= 11 is 0. The van der Waals surface area contributed by atoms with Crippen LogP contribution in [0.4, 0.5) is 5.82 Å². The number of carbonyl (C=O) groups excluding carboxylic acids is 1. The van der Waals surface area contributed by atoms with Crippen molar-refractivity contribution in [1.29, 1.82) is 5.41 Å². The number of amidine groups is 1. The van der Waals surface area contributed by atoms with Gasteiger partial charge in [-0.25, -0.2) is 9.98 Å². The number of allylic oxidation sites excluding steroid dienone is 1. The summed E-state index contributed by atoms with van der Waals surface area (Å²) in [6.45, 7) is 9.08. The summed E-state index contributed by atoms with van der Waals surface area (Å²) in [6, 6.07) is 9.68. The van der Waals surface area contributed by atoms with E-state index in [4.69, 9.17) is 5.41 Å². The normalized spacial score (nSPS) is 16.6. The fraction of sp³-hybridized carbons (Fsp3) is 0.231. The SMILES string of the molecule is C=NC(=N)C=CC(C)=c1ccc2c(c1)C=C(NC(=O)c1ccnc(N3CCN(C)CC3)c1)NC=2. The highest BCUT2D eigenvalue weighted by Crippen LogP contribution is 2.15. The van der Waals surface area contributed by atoms with Gasteiger partial charge in [-0.15, -0.1) is 0 Å². The number of nitrogens with one attached hydrogen (secondary N) is 3. The first-order valence-corrected chi connectivity index (χ1v) is 11.2. The van der Waals surface area contributed by atoms with E-state index < -0.39 is 0 Å². The predicted molar refractivity (Wildman–Crippen MR) is 138 cm³/mol. The highest BCUT2D eigenvalue weighted by atomic mass is 16.1.